The molecule has 2 aliphatic heterocycles. The van der Waals surface area contributed by atoms with Gasteiger partial charge in [0.1, 0.15) is 11.6 Å². The third-order valence-corrected chi connectivity index (χ3v) is 4.08. The summed E-state index contributed by atoms with van der Waals surface area (Å²) < 4.78 is 5.37. The molecule has 2 bridgehead atoms. The molecule has 6 nitrogen and oxygen atoms in total. The summed E-state index contributed by atoms with van der Waals surface area (Å²) in [5, 5.41) is 2.89. The number of amides is 2. The van der Waals surface area contributed by atoms with Gasteiger partial charge in [-0.15, -0.1) is 0 Å². The lowest BCUT2D eigenvalue weighted by atomic mass is 9.97. The number of ether oxygens (including phenoxy) is 1. The van der Waals surface area contributed by atoms with Crippen LogP contribution in [-0.4, -0.2) is 46.7 Å². The number of nitrogens with two attached hydrogens (primary N) is 1. The van der Waals surface area contributed by atoms with Crippen LogP contribution in [0, 0.1) is 5.92 Å². The van der Waals surface area contributed by atoms with Crippen molar-refractivity contribution in [2.45, 2.75) is 57.0 Å². The summed E-state index contributed by atoms with van der Waals surface area (Å²) in [6, 6.07) is -0.593. The zero-order chi connectivity index (χ0) is 13.2. The molecular formula is C12H19N3O3. The highest BCUT2D eigenvalue weighted by Gasteiger charge is 2.64. The monoisotopic (exact) mass is 253 g/mol. The lowest BCUT2D eigenvalue weighted by Gasteiger charge is -2.35. The summed E-state index contributed by atoms with van der Waals surface area (Å²) in [6.07, 6.45) is 0.375. The molecule has 0 aromatic heterocycles. The Kier molecular flexibility index (Phi) is 2.21. The molecule has 0 aromatic carbocycles. The first-order valence-electron chi connectivity index (χ1n) is 6.37. The summed E-state index contributed by atoms with van der Waals surface area (Å²) in [7, 11) is 0. The van der Waals surface area contributed by atoms with E-state index < -0.39 is 11.7 Å². The number of likely N-dealkylation sites (tertiary alicyclic amines) is 1. The number of piperidine rings is 1. The van der Waals surface area contributed by atoms with Crippen LogP contribution in [0.25, 0.3) is 0 Å². The van der Waals surface area contributed by atoms with Crippen molar-refractivity contribution in [3.05, 3.63) is 0 Å². The van der Waals surface area contributed by atoms with E-state index in [1.807, 2.05) is 20.8 Å². The number of rotatable bonds is 0. The van der Waals surface area contributed by atoms with Gasteiger partial charge in [0, 0.05) is 12.0 Å². The predicted octanol–water partition coefficient (Wildman–Crippen LogP) is -0.180. The Morgan fingerprint density at radius 3 is 2.78 bits per heavy atom. The zero-order valence-electron chi connectivity index (χ0n) is 10.8. The normalized spacial score (nSPS) is 41.2. The van der Waals surface area contributed by atoms with Crippen molar-refractivity contribution in [2.24, 2.45) is 11.7 Å². The first kappa shape index (κ1) is 11.8. The van der Waals surface area contributed by atoms with Gasteiger partial charge in [0.05, 0.1) is 12.1 Å². The van der Waals surface area contributed by atoms with Crippen molar-refractivity contribution in [3.8, 4) is 0 Å². The summed E-state index contributed by atoms with van der Waals surface area (Å²) in [6.45, 7) is 5.45. The highest BCUT2D eigenvalue weighted by atomic mass is 16.6. The molecule has 1 saturated carbocycles. The fourth-order valence-electron chi connectivity index (χ4n) is 3.48. The smallest absolute Gasteiger partial charge is 0.411 e. The summed E-state index contributed by atoms with van der Waals surface area (Å²) >= 11 is 0. The third kappa shape index (κ3) is 1.44. The van der Waals surface area contributed by atoms with Crippen molar-refractivity contribution in [2.75, 3.05) is 0 Å². The van der Waals surface area contributed by atoms with Crippen LogP contribution in [-0.2, 0) is 9.53 Å². The molecule has 3 aliphatic rings. The van der Waals surface area contributed by atoms with Crippen LogP contribution >= 0.6 is 0 Å². The standard InChI is InChI=1S/C12H19N3O3/c1-12(2,3)18-11(17)15-6-4-5-8(7(6)13)14-10(16)9(5)15/h5-9H,4,13H2,1-3H3,(H,14,16). The van der Waals surface area contributed by atoms with Gasteiger partial charge in [-0.1, -0.05) is 0 Å². The van der Waals surface area contributed by atoms with E-state index in [1.54, 1.807) is 4.90 Å². The number of fused-ring (bicyclic) bond motifs is 1. The molecule has 6 heteroatoms. The predicted molar refractivity (Wildman–Crippen MR) is 63.7 cm³/mol. The second-order valence-corrected chi connectivity index (χ2v) is 6.41. The number of hydrogen-bond donors (Lipinski definition) is 2. The molecule has 18 heavy (non-hydrogen) atoms. The maximum atomic E-state index is 12.2. The molecule has 2 heterocycles. The first-order chi connectivity index (χ1) is 8.29. The van der Waals surface area contributed by atoms with E-state index in [4.69, 9.17) is 10.5 Å². The topological polar surface area (TPSA) is 84.7 Å². The highest BCUT2D eigenvalue weighted by Crippen LogP contribution is 2.46. The van der Waals surface area contributed by atoms with E-state index in [0.717, 1.165) is 6.42 Å². The summed E-state index contributed by atoms with van der Waals surface area (Å²) in [4.78, 5) is 25.7. The van der Waals surface area contributed by atoms with Crippen molar-refractivity contribution >= 4 is 12.0 Å². The van der Waals surface area contributed by atoms with Gasteiger partial charge in [-0.2, -0.15) is 0 Å². The molecule has 5 unspecified atom stereocenters. The van der Waals surface area contributed by atoms with E-state index in [1.165, 1.54) is 0 Å². The molecule has 2 amide bonds. The van der Waals surface area contributed by atoms with Crippen LogP contribution in [0.15, 0.2) is 0 Å². The molecular weight excluding hydrogens is 234 g/mol. The number of hydrogen-bond acceptors (Lipinski definition) is 4. The molecule has 5 atom stereocenters. The highest BCUT2D eigenvalue weighted by molar-refractivity contribution is 5.90. The van der Waals surface area contributed by atoms with E-state index in [0.29, 0.717) is 0 Å². The van der Waals surface area contributed by atoms with Gasteiger partial charge in [0.25, 0.3) is 0 Å². The third-order valence-electron chi connectivity index (χ3n) is 4.08. The van der Waals surface area contributed by atoms with Crippen LogP contribution in [0.1, 0.15) is 27.2 Å². The fraction of sp³-hybridized carbons (Fsp3) is 0.833. The van der Waals surface area contributed by atoms with E-state index in [2.05, 4.69) is 5.32 Å². The minimum atomic E-state index is -0.558. The van der Waals surface area contributed by atoms with Crippen LogP contribution in [0.5, 0.6) is 0 Å². The molecule has 0 radical (unpaired) electrons. The van der Waals surface area contributed by atoms with Crippen LogP contribution in [0.4, 0.5) is 4.79 Å². The molecule has 0 aromatic rings. The zero-order valence-corrected chi connectivity index (χ0v) is 10.8. The largest absolute Gasteiger partial charge is 0.444 e. The number of nitrogens with one attached hydrogen (secondary N) is 1. The molecule has 3 rings (SSSR count). The first-order valence-corrected chi connectivity index (χ1v) is 6.37. The van der Waals surface area contributed by atoms with Crippen LogP contribution in [0.3, 0.4) is 0 Å². The molecule has 0 spiro atoms. The van der Waals surface area contributed by atoms with Crippen molar-refractivity contribution in [1.82, 2.24) is 10.2 Å². The Labute approximate surface area is 106 Å². The maximum absolute atomic E-state index is 12.2. The van der Waals surface area contributed by atoms with Gasteiger partial charge in [-0.05, 0) is 27.2 Å². The second-order valence-electron chi connectivity index (χ2n) is 6.41. The molecule has 1 aliphatic carbocycles. The Morgan fingerprint density at radius 2 is 2.17 bits per heavy atom. The van der Waals surface area contributed by atoms with Crippen molar-refractivity contribution in [1.29, 1.82) is 0 Å². The Hall–Kier alpha value is -1.30. The molecule has 2 saturated heterocycles. The van der Waals surface area contributed by atoms with Crippen molar-refractivity contribution in [3.63, 3.8) is 0 Å². The lowest BCUT2D eigenvalue weighted by Crippen LogP contribution is -2.57. The Bertz CT molecular complexity index is 417. The average Bonchev–Trinajstić information content (AvgIpc) is 2.78. The fourth-order valence-corrected chi connectivity index (χ4v) is 3.48. The molecule has 100 valence electrons. The lowest BCUT2D eigenvalue weighted by molar-refractivity contribution is -0.123. The second kappa shape index (κ2) is 3.38. The Balaban J connectivity index is 1.85. The number of nitrogens with zero attached hydrogens (tertiary/aromatic N) is 1. The maximum Gasteiger partial charge on any atom is 0.411 e. The van der Waals surface area contributed by atoms with Crippen molar-refractivity contribution < 1.29 is 14.3 Å². The minimum absolute atomic E-state index is 0.0335. The Morgan fingerprint density at radius 1 is 1.50 bits per heavy atom. The summed E-state index contributed by atoms with van der Waals surface area (Å²) in [5.74, 6) is 0.0660. The molecule has 3 fully saturated rings. The van der Waals surface area contributed by atoms with Crippen LogP contribution in [0.2, 0.25) is 0 Å². The minimum Gasteiger partial charge on any atom is -0.444 e. The average molecular weight is 253 g/mol. The molecule has 3 N–H and O–H groups in total. The van der Waals surface area contributed by atoms with Gasteiger partial charge < -0.3 is 15.8 Å². The SMILES string of the molecule is CC(C)(C)OC(=O)N1C2CC3C(NC(=O)C31)C2N. The van der Waals surface area contributed by atoms with Gasteiger partial charge in [-0.25, -0.2) is 4.79 Å². The van der Waals surface area contributed by atoms with Gasteiger partial charge >= 0.3 is 6.09 Å². The van der Waals surface area contributed by atoms with E-state index in [9.17, 15) is 9.59 Å². The summed E-state index contributed by atoms with van der Waals surface area (Å²) in [5.41, 5.74) is 5.53. The van der Waals surface area contributed by atoms with Gasteiger partial charge in [-0.3, -0.25) is 9.69 Å². The van der Waals surface area contributed by atoms with Gasteiger partial charge in [0.15, 0.2) is 0 Å². The quantitative estimate of drug-likeness (QED) is 0.627. The number of carbonyl (C=O) groups excluding carboxylic acids is 2. The van der Waals surface area contributed by atoms with E-state index in [-0.39, 0.29) is 36.0 Å². The number of carbonyl (C=O) groups is 2. The van der Waals surface area contributed by atoms with E-state index >= 15 is 0 Å². The van der Waals surface area contributed by atoms with Gasteiger partial charge in [0.2, 0.25) is 5.91 Å². The van der Waals surface area contributed by atoms with Crippen LogP contribution < -0.4 is 11.1 Å².